The molecule has 0 unspecified atom stereocenters. The SMILES string of the molecule is Cc1cccc(N2CC[NH+](CC(=O)NNC(=O)c3ccccc3)CC2)c1C. The van der Waals surface area contributed by atoms with Crippen LogP contribution in [0, 0.1) is 13.8 Å². The van der Waals surface area contributed by atoms with Gasteiger partial charge in [0.1, 0.15) is 0 Å². The molecule has 6 nitrogen and oxygen atoms in total. The van der Waals surface area contributed by atoms with Gasteiger partial charge in [0.25, 0.3) is 11.8 Å². The fourth-order valence-electron chi connectivity index (χ4n) is 3.38. The van der Waals surface area contributed by atoms with Gasteiger partial charge >= 0.3 is 0 Å². The lowest BCUT2D eigenvalue weighted by Gasteiger charge is -2.34. The first-order valence-electron chi connectivity index (χ1n) is 9.33. The zero-order valence-electron chi connectivity index (χ0n) is 15.9. The van der Waals surface area contributed by atoms with E-state index < -0.39 is 0 Å². The van der Waals surface area contributed by atoms with Crippen LogP contribution in [0.3, 0.4) is 0 Å². The summed E-state index contributed by atoms with van der Waals surface area (Å²) in [7, 11) is 0. The van der Waals surface area contributed by atoms with Gasteiger partial charge in [0, 0.05) is 11.3 Å². The molecular weight excluding hydrogens is 340 g/mol. The van der Waals surface area contributed by atoms with E-state index in [0.29, 0.717) is 12.1 Å². The first kappa shape index (κ1) is 18.9. The Bertz CT molecular complexity index is 799. The van der Waals surface area contributed by atoms with Crippen LogP contribution in [0.25, 0.3) is 0 Å². The van der Waals surface area contributed by atoms with E-state index in [1.165, 1.54) is 21.7 Å². The normalized spacial score (nSPS) is 14.7. The van der Waals surface area contributed by atoms with Crippen molar-refractivity contribution in [2.45, 2.75) is 13.8 Å². The monoisotopic (exact) mass is 367 g/mol. The molecule has 2 aromatic carbocycles. The van der Waals surface area contributed by atoms with Crippen molar-refractivity contribution >= 4 is 17.5 Å². The number of hydrazine groups is 1. The molecule has 27 heavy (non-hydrogen) atoms. The molecule has 2 amide bonds. The smallest absolute Gasteiger partial charge is 0.293 e. The molecule has 0 aliphatic carbocycles. The Hall–Kier alpha value is -2.86. The summed E-state index contributed by atoms with van der Waals surface area (Å²) in [5.74, 6) is -0.479. The van der Waals surface area contributed by atoms with Crippen molar-refractivity contribution < 1.29 is 14.5 Å². The first-order valence-corrected chi connectivity index (χ1v) is 9.33. The van der Waals surface area contributed by atoms with Gasteiger partial charge in [-0.15, -0.1) is 0 Å². The number of piperazine rings is 1. The Morgan fingerprint density at radius 1 is 0.963 bits per heavy atom. The lowest BCUT2D eigenvalue weighted by atomic mass is 10.1. The topological polar surface area (TPSA) is 65.9 Å². The van der Waals surface area contributed by atoms with E-state index in [0.717, 1.165) is 26.2 Å². The minimum Gasteiger partial charge on any atom is -0.360 e. The predicted molar refractivity (Wildman–Crippen MR) is 106 cm³/mol. The van der Waals surface area contributed by atoms with Crippen molar-refractivity contribution in [3.05, 3.63) is 65.2 Å². The summed E-state index contributed by atoms with van der Waals surface area (Å²) in [6, 6.07) is 15.2. The number of carbonyl (C=O) groups is 2. The van der Waals surface area contributed by atoms with Gasteiger partial charge in [-0.2, -0.15) is 0 Å². The Morgan fingerprint density at radius 3 is 2.37 bits per heavy atom. The summed E-state index contributed by atoms with van der Waals surface area (Å²) in [5.41, 5.74) is 9.42. The van der Waals surface area contributed by atoms with Crippen LogP contribution in [0.15, 0.2) is 48.5 Å². The summed E-state index contributed by atoms with van der Waals surface area (Å²) in [4.78, 5) is 27.7. The molecule has 0 saturated carbocycles. The highest BCUT2D eigenvalue weighted by atomic mass is 16.2. The second-order valence-corrected chi connectivity index (χ2v) is 7.00. The Kier molecular flexibility index (Phi) is 6.08. The number of aryl methyl sites for hydroxylation is 1. The highest BCUT2D eigenvalue weighted by Crippen LogP contribution is 2.22. The van der Waals surface area contributed by atoms with E-state index in [4.69, 9.17) is 0 Å². The number of rotatable bonds is 4. The summed E-state index contributed by atoms with van der Waals surface area (Å²) < 4.78 is 0. The van der Waals surface area contributed by atoms with E-state index >= 15 is 0 Å². The van der Waals surface area contributed by atoms with Crippen molar-refractivity contribution in [2.24, 2.45) is 0 Å². The highest BCUT2D eigenvalue weighted by molar-refractivity contribution is 5.95. The largest absolute Gasteiger partial charge is 0.360 e. The molecule has 1 heterocycles. The van der Waals surface area contributed by atoms with Crippen molar-refractivity contribution in [3.63, 3.8) is 0 Å². The molecule has 0 atom stereocenters. The molecule has 142 valence electrons. The zero-order chi connectivity index (χ0) is 19.2. The summed E-state index contributed by atoms with van der Waals surface area (Å²) in [5, 5.41) is 0. The van der Waals surface area contributed by atoms with Gasteiger partial charge in [0.2, 0.25) is 0 Å². The molecule has 1 aliphatic heterocycles. The number of nitrogens with zero attached hydrogens (tertiary/aromatic N) is 1. The van der Waals surface area contributed by atoms with Gasteiger partial charge in [-0.1, -0.05) is 30.3 Å². The maximum Gasteiger partial charge on any atom is 0.293 e. The quantitative estimate of drug-likeness (QED) is 0.689. The molecule has 1 aliphatic rings. The molecular formula is C21H27N4O2+. The van der Waals surface area contributed by atoms with Gasteiger partial charge in [-0.05, 0) is 43.2 Å². The number of benzene rings is 2. The number of nitrogens with one attached hydrogen (secondary N) is 3. The standard InChI is InChI=1S/C21H26N4O2/c1-16-7-6-10-19(17(16)2)25-13-11-24(12-14-25)15-20(26)22-23-21(27)18-8-4-3-5-9-18/h3-10H,11-15H2,1-2H3,(H,22,26)(H,23,27)/p+1. The van der Waals surface area contributed by atoms with Crippen LogP contribution in [0.5, 0.6) is 0 Å². The van der Waals surface area contributed by atoms with Crippen LogP contribution in [-0.4, -0.2) is 44.5 Å². The maximum atomic E-state index is 12.1. The molecule has 3 N–H and O–H groups in total. The molecule has 0 aromatic heterocycles. The number of hydrogen-bond acceptors (Lipinski definition) is 3. The minimum absolute atomic E-state index is 0.172. The van der Waals surface area contributed by atoms with E-state index in [1.54, 1.807) is 24.3 Å². The van der Waals surface area contributed by atoms with Crippen LogP contribution < -0.4 is 20.7 Å². The molecule has 6 heteroatoms. The molecule has 1 fully saturated rings. The van der Waals surface area contributed by atoms with Gasteiger partial charge in [-0.3, -0.25) is 20.4 Å². The van der Waals surface area contributed by atoms with Crippen LogP contribution in [0.1, 0.15) is 21.5 Å². The number of amides is 2. The van der Waals surface area contributed by atoms with Crippen molar-refractivity contribution in [1.82, 2.24) is 10.9 Å². The number of carbonyl (C=O) groups excluding carboxylic acids is 2. The van der Waals surface area contributed by atoms with Gasteiger partial charge in [0.05, 0.1) is 26.2 Å². The van der Waals surface area contributed by atoms with Crippen molar-refractivity contribution in [1.29, 1.82) is 0 Å². The van der Waals surface area contributed by atoms with Crippen LogP contribution in [0.2, 0.25) is 0 Å². The third-order valence-corrected chi connectivity index (χ3v) is 5.15. The zero-order valence-corrected chi connectivity index (χ0v) is 15.9. The number of anilines is 1. The first-order chi connectivity index (χ1) is 13.0. The summed E-state index contributed by atoms with van der Waals surface area (Å²) in [6.45, 7) is 8.28. The van der Waals surface area contributed by atoms with E-state index in [1.807, 2.05) is 6.07 Å². The van der Waals surface area contributed by atoms with Gasteiger partial charge in [-0.25, -0.2) is 0 Å². The second-order valence-electron chi connectivity index (χ2n) is 7.00. The highest BCUT2D eigenvalue weighted by Gasteiger charge is 2.23. The fourth-order valence-corrected chi connectivity index (χ4v) is 3.38. The van der Waals surface area contributed by atoms with Gasteiger partial charge < -0.3 is 9.80 Å². The minimum atomic E-state index is -0.307. The third kappa shape index (κ3) is 4.86. The Morgan fingerprint density at radius 2 is 1.67 bits per heavy atom. The number of hydrogen-bond donors (Lipinski definition) is 3. The van der Waals surface area contributed by atoms with Gasteiger partial charge in [0.15, 0.2) is 6.54 Å². The molecule has 0 radical (unpaired) electrons. The molecule has 2 aromatic rings. The maximum absolute atomic E-state index is 12.1. The van der Waals surface area contributed by atoms with E-state index in [9.17, 15) is 9.59 Å². The fraction of sp³-hybridized carbons (Fsp3) is 0.333. The lowest BCUT2D eigenvalue weighted by molar-refractivity contribution is -0.892. The number of quaternary nitrogens is 1. The summed E-state index contributed by atoms with van der Waals surface area (Å²) >= 11 is 0. The molecule has 0 spiro atoms. The van der Waals surface area contributed by atoms with Crippen LogP contribution in [-0.2, 0) is 4.79 Å². The van der Waals surface area contributed by atoms with Crippen molar-refractivity contribution in [2.75, 3.05) is 37.6 Å². The predicted octanol–water partition coefficient (Wildman–Crippen LogP) is 0.470. The third-order valence-electron chi connectivity index (χ3n) is 5.15. The summed E-state index contributed by atoms with van der Waals surface area (Å²) in [6.07, 6.45) is 0. The van der Waals surface area contributed by atoms with Crippen molar-refractivity contribution in [3.8, 4) is 0 Å². The second kappa shape index (κ2) is 8.68. The lowest BCUT2D eigenvalue weighted by Crippen LogP contribution is -3.16. The average molecular weight is 367 g/mol. The average Bonchev–Trinajstić information content (AvgIpc) is 2.70. The Labute approximate surface area is 160 Å². The van der Waals surface area contributed by atoms with Crippen LogP contribution in [0.4, 0.5) is 5.69 Å². The van der Waals surface area contributed by atoms with Crippen LogP contribution >= 0.6 is 0 Å². The molecule has 0 bridgehead atoms. The van der Waals surface area contributed by atoms with E-state index in [-0.39, 0.29) is 11.8 Å². The molecule has 1 saturated heterocycles. The Balaban J connectivity index is 1.44. The van der Waals surface area contributed by atoms with E-state index in [2.05, 4.69) is 47.8 Å². The molecule has 3 rings (SSSR count).